The van der Waals surface area contributed by atoms with Gasteiger partial charge in [0.15, 0.2) is 0 Å². The van der Waals surface area contributed by atoms with Gasteiger partial charge in [0.25, 0.3) is 0 Å². The third kappa shape index (κ3) is 16.9. The van der Waals surface area contributed by atoms with Gasteiger partial charge in [0, 0.05) is 6.42 Å². The van der Waals surface area contributed by atoms with Crippen molar-refractivity contribution in [3.8, 4) is 0 Å². The number of hydrogen-bond donors (Lipinski definition) is 2. The first kappa shape index (κ1) is 19.9. The molecule has 122 valence electrons. The number of aliphatic carboxylic acids is 1. The van der Waals surface area contributed by atoms with Gasteiger partial charge >= 0.3 is 5.97 Å². The van der Waals surface area contributed by atoms with Crippen LogP contribution < -0.4 is 0 Å². The van der Waals surface area contributed by atoms with Gasteiger partial charge in [-0.15, -0.1) is 0 Å². The van der Waals surface area contributed by atoms with Crippen LogP contribution in [0.5, 0.6) is 0 Å². The summed E-state index contributed by atoms with van der Waals surface area (Å²) in [7, 11) is 0. The molecule has 0 aliphatic heterocycles. The Labute approximate surface area is 129 Å². The Morgan fingerprint density at radius 1 is 0.952 bits per heavy atom. The van der Waals surface area contributed by atoms with Crippen molar-refractivity contribution in [1.82, 2.24) is 0 Å². The summed E-state index contributed by atoms with van der Waals surface area (Å²) in [5.41, 5.74) is 0. The predicted octanol–water partition coefficient (Wildman–Crippen LogP) is 4.86. The monoisotopic (exact) mass is 296 g/mol. The third-order valence-electron chi connectivity index (χ3n) is 3.50. The molecule has 0 aromatic carbocycles. The maximum atomic E-state index is 10.3. The molecule has 0 saturated heterocycles. The molecular formula is C18H32O3. The molecule has 0 spiro atoms. The Morgan fingerprint density at radius 3 is 2.24 bits per heavy atom. The molecule has 1 atom stereocenters. The van der Waals surface area contributed by atoms with Gasteiger partial charge in [-0.25, -0.2) is 0 Å². The standard InChI is InChI=1S/C18H32O3/c1-2-17(19)15-13-11-9-7-5-3-4-6-8-10-12-14-16-18(20)21/h3,5,9,11,17,19H,2,4,6-8,10,12-16H2,1H3,(H,20,21)/b5-3-,11-9-/t17-/m1/s1. The molecule has 0 aliphatic rings. The van der Waals surface area contributed by atoms with Crippen molar-refractivity contribution in [1.29, 1.82) is 0 Å². The molecule has 0 amide bonds. The third-order valence-corrected chi connectivity index (χ3v) is 3.50. The summed E-state index contributed by atoms with van der Waals surface area (Å²) in [5, 5.41) is 17.9. The largest absolute Gasteiger partial charge is 0.481 e. The zero-order valence-electron chi connectivity index (χ0n) is 13.5. The Hall–Kier alpha value is -1.09. The molecule has 0 bridgehead atoms. The van der Waals surface area contributed by atoms with E-state index in [0.717, 1.165) is 51.4 Å². The van der Waals surface area contributed by atoms with E-state index in [2.05, 4.69) is 24.3 Å². The summed E-state index contributed by atoms with van der Waals surface area (Å²) < 4.78 is 0. The number of allylic oxidation sites excluding steroid dienone is 4. The fourth-order valence-corrected chi connectivity index (χ4v) is 2.07. The van der Waals surface area contributed by atoms with Crippen LogP contribution in [-0.4, -0.2) is 22.3 Å². The number of carboxylic acid groups (broad SMARTS) is 1. The zero-order chi connectivity index (χ0) is 15.8. The number of hydrogen-bond acceptors (Lipinski definition) is 2. The van der Waals surface area contributed by atoms with Crippen LogP contribution in [0.15, 0.2) is 24.3 Å². The van der Waals surface area contributed by atoms with Crippen molar-refractivity contribution in [3.05, 3.63) is 24.3 Å². The Balaban J connectivity index is 3.25. The van der Waals surface area contributed by atoms with Gasteiger partial charge in [0.05, 0.1) is 6.10 Å². The van der Waals surface area contributed by atoms with E-state index < -0.39 is 5.97 Å². The minimum Gasteiger partial charge on any atom is -0.481 e. The quantitative estimate of drug-likeness (QED) is 0.355. The lowest BCUT2D eigenvalue weighted by Gasteiger charge is -2.03. The second-order valence-corrected chi connectivity index (χ2v) is 5.52. The van der Waals surface area contributed by atoms with Crippen LogP contribution in [0.2, 0.25) is 0 Å². The van der Waals surface area contributed by atoms with Crippen molar-refractivity contribution >= 4 is 5.97 Å². The van der Waals surface area contributed by atoms with Crippen molar-refractivity contribution in [3.63, 3.8) is 0 Å². The van der Waals surface area contributed by atoms with E-state index in [4.69, 9.17) is 5.11 Å². The lowest BCUT2D eigenvalue weighted by Crippen LogP contribution is -2.02. The van der Waals surface area contributed by atoms with Crippen molar-refractivity contribution in [2.24, 2.45) is 0 Å². The summed E-state index contributed by atoms with van der Waals surface area (Å²) in [6.45, 7) is 2.00. The van der Waals surface area contributed by atoms with Crippen molar-refractivity contribution in [2.75, 3.05) is 0 Å². The second-order valence-electron chi connectivity index (χ2n) is 5.52. The summed E-state index contributed by atoms with van der Waals surface area (Å²) in [6.07, 6.45) is 19.0. The van der Waals surface area contributed by atoms with E-state index in [1.165, 1.54) is 12.8 Å². The molecular weight excluding hydrogens is 264 g/mol. The highest BCUT2D eigenvalue weighted by atomic mass is 16.4. The summed E-state index contributed by atoms with van der Waals surface area (Å²) in [4.78, 5) is 10.3. The first-order chi connectivity index (χ1) is 10.2. The highest BCUT2D eigenvalue weighted by Gasteiger charge is 1.96. The van der Waals surface area contributed by atoms with Gasteiger partial charge in [-0.2, -0.15) is 0 Å². The molecule has 0 aromatic rings. The van der Waals surface area contributed by atoms with Gasteiger partial charge < -0.3 is 10.2 Å². The molecule has 3 heteroatoms. The Morgan fingerprint density at radius 2 is 1.57 bits per heavy atom. The smallest absolute Gasteiger partial charge is 0.303 e. The Kier molecular flexibility index (Phi) is 14.5. The first-order valence-electron chi connectivity index (χ1n) is 8.36. The lowest BCUT2D eigenvalue weighted by atomic mass is 10.1. The normalized spacial score (nSPS) is 13.2. The van der Waals surface area contributed by atoms with E-state index in [1.807, 2.05) is 6.92 Å². The van der Waals surface area contributed by atoms with Crippen molar-refractivity contribution in [2.45, 2.75) is 83.7 Å². The molecule has 0 aliphatic carbocycles. The minimum atomic E-state index is -0.685. The Bertz CT molecular complexity index is 295. The SMILES string of the molecule is CC[C@@H](O)CC/C=C\C/C=C\CCCCCCCC(=O)O. The van der Waals surface area contributed by atoms with Crippen LogP contribution in [-0.2, 0) is 4.79 Å². The number of carboxylic acids is 1. The number of aliphatic hydroxyl groups excluding tert-OH is 1. The highest BCUT2D eigenvalue weighted by Crippen LogP contribution is 2.08. The van der Waals surface area contributed by atoms with Gasteiger partial charge in [-0.3, -0.25) is 4.79 Å². The predicted molar refractivity (Wildman–Crippen MR) is 88.4 cm³/mol. The zero-order valence-corrected chi connectivity index (χ0v) is 13.5. The topological polar surface area (TPSA) is 57.5 Å². The van der Waals surface area contributed by atoms with E-state index >= 15 is 0 Å². The molecule has 0 heterocycles. The molecule has 0 fully saturated rings. The second kappa shape index (κ2) is 15.3. The summed E-state index contributed by atoms with van der Waals surface area (Å²) >= 11 is 0. The molecule has 21 heavy (non-hydrogen) atoms. The van der Waals surface area contributed by atoms with Crippen molar-refractivity contribution < 1.29 is 15.0 Å². The molecule has 0 rings (SSSR count). The number of carbonyl (C=O) groups is 1. The van der Waals surface area contributed by atoms with Crippen LogP contribution in [0.25, 0.3) is 0 Å². The highest BCUT2D eigenvalue weighted by molar-refractivity contribution is 5.66. The first-order valence-corrected chi connectivity index (χ1v) is 8.36. The van der Waals surface area contributed by atoms with Crippen LogP contribution in [0, 0.1) is 0 Å². The maximum absolute atomic E-state index is 10.3. The summed E-state index contributed by atoms with van der Waals surface area (Å²) in [5.74, 6) is -0.685. The number of aliphatic hydroxyl groups is 1. The van der Waals surface area contributed by atoms with Crippen LogP contribution in [0.1, 0.15) is 77.6 Å². The summed E-state index contributed by atoms with van der Waals surface area (Å²) in [6, 6.07) is 0. The van der Waals surface area contributed by atoms with Crippen LogP contribution >= 0.6 is 0 Å². The molecule has 3 nitrogen and oxygen atoms in total. The lowest BCUT2D eigenvalue weighted by molar-refractivity contribution is -0.137. The molecule has 0 aromatic heterocycles. The molecule has 0 saturated carbocycles. The van der Waals surface area contributed by atoms with Gasteiger partial charge in [0.1, 0.15) is 0 Å². The fourth-order valence-electron chi connectivity index (χ4n) is 2.07. The van der Waals surface area contributed by atoms with Gasteiger partial charge in [-0.05, 0) is 44.9 Å². The maximum Gasteiger partial charge on any atom is 0.303 e. The average Bonchev–Trinajstić information content (AvgIpc) is 2.46. The molecule has 0 radical (unpaired) electrons. The van der Waals surface area contributed by atoms with Crippen LogP contribution in [0.3, 0.4) is 0 Å². The number of rotatable bonds is 14. The van der Waals surface area contributed by atoms with E-state index in [0.29, 0.717) is 6.42 Å². The van der Waals surface area contributed by atoms with E-state index in [1.54, 1.807) is 0 Å². The fraction of sp³-hybridized carbons (Fsp3) is 0.722. The van der Waals surface area contributed by atoms with Gasteiger partial charge in [-0.1, -0.05) is 50.5 Å². The van der Waals surface area contributed by atoms with E-state index in [-0.39, 0.29) is 6.10 Å². The number of unbranched alkanes of at least 4 members (excludes halogenated alkanes) is 5. The van der Waals surface area contributed by atoms with Crippen LogP contribution in [0.4, 0.5) is 0 Å². The van der Waals surface area contributed by atoms with Gasteiger partial charge in [0.2, 0.25) is 0 Å². The van der Waals surface area contributed by atoms with E-state index in [9.17, 15) is 9.90 Å². The molecule has 0 unspecified atom stereocenters. The minimum absolute atomic E-state index is 0.152. The average molecular weight is 296 g/mol. The molecule has 2 N–H and O–H groups in total.